The van der Waals surface area contributed by atoms with Crippen molar-refractivity contribution in [3.05, 3.63) is 59.9 Å². The minimum Gasteiger partial charge on any atom is -0.370 e. The third-order valence-electron chi connectivity index (χ3n) is 4.88. The number of halogens is 1. The predicted octanol–water partition coefficient (Wildman–Crippen LogP) is 4.89. The van der Waals surface area contributed by atoms with E-state index in [4.69, 9.17) is 16.6 Å². The highest BCUT2D eigenvalue weighted by Gasteiger charge is 2.14. The van der Waals surface area contributed by atoms with Gasteiger partial charge in [-0.25, -0.2) is 4.98 Å². The molecule has 3 aromatic heterocycles. The molecule has 1 N–H and O–H groups in total. The summed E-state index contributed by atoms with van der Waals surface area (Å²) >= 11 is 8.25. The summed E-state index contributed by atoms with van der Waals surface area (Å²) in [4.78, 5) is 19.5. The Balaban J connectivity index is 1.45. The molecule has 0 saturated carbocycles. The second-order valence-electron chi connectivity index (χ2n) is 6.65. The Labute approximate surface area is 172 Å². The Morgan fingerprint density at radius 2 is 1.93 bits per heavy atom. The molecule has 4 aromatic rings. The molecule has 0 bridgehead atoms. The van der Waals surface area contributed by atoms with Gasteiger partial charge in [-0.2, -0.15) is 11.8 Å². The van der Waals surface area contributed by atoms with Crippen LogP contribution in [0.1, 0.15) is 0 Å². The van der Waals surface area contributed by atoms with Gasteiger partial charge in [-0.05, 0) is 42.5 Å². The summed E-state index contributed by atoms with van der Waals surface area (Å²) in [5.41, 5.74) is 5.64. The second-order valence-corrected chi connectivity index (χ2v) is 8.28. The number of fused-ring (bicyclic) bond motifs is 1. The third-order valence-corrected chi connectivity index (χ3v) is 6.13. The normalized spacial score (nSPS) is 14.5. The lowest BCUT2D eigenvalue weighted by molar-refractivity contribution is 0.859. The van der Waals surface area contributed by atoms with Gasteiger partial charge in [0.05, 0.1) is 21.7 Å². The van der Waals surface area contributed by atoms with Gasteiger partial charge < -0.3 is 9.88 Å². The summed E-state index contributed by atoms with van der Waals surface area (Å²) in [7, 11) is 0. The molecule has 1 saturated heterocycles. The number of hydrogen-bond donors (Lipinski definition) is 1. The average molecular weight is 408 g/mol. The molecule has 7 heteroatoms. The molecule has 1 aliphatic heterocycles. The number of H-pyrrole nitrogens is 1. The minimum atomic E-state index is 0.615. The first kappa shape index (κ1) is 17.5. The van der Waals surface area contributed by atoms with Gasteiger partial charge in [0, 0.05) is 48.2 Å². The molecule has 5 rings (SSSR count). The quantitative estimate of drug-likeness (QED) is 0.523. The number of pyridine rings is 2. The van der Waals surface area contributed by atoms with Gasteiger partial charge in [0.2, 0.25) is 0 Å². The summed E-state index contributed by atoms with van der Waals surface area (Å²) in [5, 5.41) is 0.615. The van der Waals surface area contributed by atoms with Crippen LogP contribution < -0.4 is 4.90 Å². The van der Waals surface area contributed by atoms with E-state index in [-0.39, 0.29) is 0 Å². The number of nitrogens with one attached hydrogen (secondary N) is 1. The minimum absolute atomic E-state index is 0.615. The van der Waals surface area contributed by atoms with Crippen molar-refractivity contribution in [2.75, 3.05) is 29.5 Å². The van der Waals surface area contributed by atoms with E-state index in [0.29, 0.717) is 5.02 Å². The SMILES string of the molecule is Clc1cccnc1-c1ccc(-c2nc3ccc(N4CCSCC4)cc3[nH]2)nc1. The number of imidazole rings is 1. The van der Waals surface area contributed by atoms with Crippen LogP contribution in [0.2, 0.25) is 5.02 Å². The van der Waals surface area contributed by atoms with Crippen LogP contribution in [0.25, 0.3) is 33.8 Å². The number of hydrogen-bond acceptors (Lipinski definition) is 5. The summed E-state index contributed by atoms with van der Waals surface area (Å²) in [5.74, 6) is 3.13. The van der Waals surface area contributed by atoms with Crippen molar-refractivity contribution in [1.29, 1.82) is 0 Å². The van der Waals surface area contributed by atoms with Crippen molar-refractivity contribution in [2.24, 2.45) is 0 Å². The zero-order valence-corrected chi connectivity index (χ0v) is 16.7. The maximum Gasteiger partial charge on any atom is 0.157 e. The molecule has 1 fully saturated rings. The highest BCUT2D eigenvalue weighted by atomic mass is 35.5. The van der Waals surface area contributed by atoms with Crippen LogP contribution >= 0.6 is 23.4 Å². The van der Waals surface area contributed by atoms with Gasteiger partial charge in [0.1, 0.15) is 5.69 Å². The van der Waals surface area contributed by atoms with Crippen molar-refractivity contribution in [2.45, 2.75) is 0 Å². The number of rotatable bonds is 3. The Morgan fingerprint density at radius 3 is 2.71 bits per heavy atom. The van der Waals surface area contributed by atoms with Crippen LogP contribution in [0.15, 0.2) is 54.9 Å². The Hall–Kier alpha value is -2.57. The monoisotopic (exact) mass is 407 g/mol. The van der Waals surface area contributed by atoms with E-state index in [0.717, 1.165) is 46.9 Å². The Morgan fingerprint density at radius 1 is 1.04 bits per heavy atom. The molecule has 0 unspecified atom stereocenters. The fourth-order valence-electron chi connectivity index (χ4n) is 3.41. The van der Waals surface area contributed by atoms with Crippen molar-refractivity contribution in [1.82, 2.24) is 19.9 Å². The summed E-state index contributed by atoms with van der Waals surface area (Å²) in [6, 6.07) is 14.0. The molecule has 0 spiro atoms. The lowest BCUT2D eigenvalue weighted by atomic mass is 10.2. The van der Waals surface area contributed by atoms with Crippen molar-refractivity contribution >= 4 is 40.1 Å². The summed E-state index contributed by atoms with van der Waals surface area (Å²) in [6.45, 7) is 2.19. The Bertz CT molecular complexity index is 1120. The molecule has 0 aliphatic carbocycles. The smallest absolute Gasteiger partial charge is 0.157 e. The largest absolute Gasteiger partial charge is 0.370 e. The molecular formula is C21H18ClN5S. The number of thioether (sulfide) groups is 1. The maximum absolute atomic E-state index is 6.23. The fraction of sp³-hybridized carbons (Fsp3) is 0.190. The molecule has 0 radical (unpaired) electrons. The van der Waals surface area contributed by atoms with Gasteiger partial charge in [0.15, 0.2) is 5.82 Å². The number of nitrogens with zero attached hydrogens (tertiary/aromatic N) is 4. The number of aromatic amines is 1. The molecule has 1 aliphatic rings. The molecule has 0 atom stereocenters. The van der Waals surface area contributed by atoms with Crippen molar-refractivity contribution in [3.8, 4) is 22.8 Å². The van der Waals surface area contributed by atoms with Crippen molar-refractivity contribution < 1.29 is 0 Å². The van der Waals surface area contributed by atoms with Crippen LogP contribution in [0.3, 0.4) is 0 Å². The molecule has 4 heterocycles. The second kappa shape index (κ2) is 7.45. The highest BCUT2D eigenvalue weighted by molar-refractivity contribution is 7.99. The molecule has 1 aromatic carbocycles. The van der Waals surface area contributed by atoms with Crippen molar-refractivity contribution in [3.63, 3.8) is 0 Å². The van der Waals surface area contributed by atoms with Gasteiger partial charge >= 0.3 is 0 Å². The molecule has 5 nitrogen and oxygen atoms in total. The average Bonchev–Trinajstić information content (AvgIpc) is 3.18. The van der Waals surface area contributed by atoms with Crippen LogP contribution in [0.5, 0.6) is 0 Å². The third kappa shape index (κ3) is 3.34. The zero-order chi connectivity index (χ0) is 18.9. The summed E-state index contributed by atoms with van der Waals surface area (Å²) < 4.78 is 0. The van der Waals surface area contributed by atoms with E-state index in [1.165, 1.54) is 17.2 Å². The van der Waals surface area contributed by atoms with Crippen LogP contribution in [-0.2, 0) is 0 Å². The number of anilines is 1. The van der Waals surface area contributed by atoms with Crippen LogP contribution in [0, 0.1) is 0 Å². The first-order valence-corrected chi connectivity index (χ1v) is 10.7. The molecule has 0 amide bonds. The van der Waals surface area contributed by atoms with Gasteiger partial charge in [-0.3, -0.25) is 9.97 Å². The highest BCUT2D eigenvalue weighted by Crippen LogP contribution is 2.28. The Kier molecular flexibility index (Phi) is 4.66. The van der Waals surface area contributed by atoms with Gasteiger partial charge in [-0.15, -0.1) is 0 Å². The number of aromatic nitrogens is 4. The lowest BCUT2D eigenvalue weighted by Gasteiger charge is -2.28. The lowest BCUT2D eigenvalue weighted by Crippen LogP contribution is -2.32. The van der Waals surface area contributed by atoms with E-state index in [1.807, 2.05) is 36.0 Å². The first-order valence-electron chi connectivity index (χ1n) is 9.18. The fourth-order valence-corrected chi connectivity index (χ4v) is 4.54. The zero-order valence-electron chi connectivity index (χ0n) is 15.1. The predicted molar refractivity (Wildman–Crippen MR) is 117 cm³/mol. The van der Waals surface area contributed by atoms with E-state index >= 15 is 0 Å². The number of benzene rings is 1. The van der Waals surface area contributed by atoms with E-state index < -0.39 is 0 Å². The van der Waals surface area contributed by atoms with Gasteiger partial charge in [0.25, 0.3) is 0 Å². The van der Waals surface area contributed by atoms with Crippen LogP contribution in [0.4, 0.5) is 5.69 Å². The van der Waals surface area contributed by atoms with E-state index in [9.17, 15) is 0 Å². The maximum atomic E-state index is 6.23. The standard InChI is InChI=1S/C21H18ClN5S/c22-16-2-1-7-23-20(16)14-3-5-18(24-13-14)21-25-17-6-4-15(12-19(17)26-21)27-8-10-28-11-9-27/h1-7,12-13H,8-11H2,(H,25,26). The molecule has 28 heavy (non-hydrogen) atoms. The van der Waals surface area contributed by atoms with Gasteiger partial charge in [-0.1, -0.05) is 11.6 Å². The molecule has 140 valence electrons. The van der Waals surface area contributed by atoms with E-state index in [2.05, 4.69) is 38.1 Å². The summed E-state index contributed by atoms with van der Waals surface area (Å²) in [6.07, 6.45) is 3.51. The topological polar surface area (TPSA) is 57.7 Å². The van der Waals surface area contributed by atoms with Crippen LogP contribution in [-0.4, -0.2) is 44.5 Å². The molecular weight excluding hydrogens is 390 g/mol. The first-order chi connectivity index (χ1) is 13.8. The van der Waals surface area contributed by atoms with E-state index in [1.54, 1.807) is 12.4 Å².